The second kappa shape index (κ2) is 7.37. The number of carbonyl (C=O) groups is 1. The Morgan fingerprint density at radius 3 is 2.53 bits per heavy atom. The van der Waals surface area contributed by atoms with Crippen molar-refractivity contribution in [2.45, 2.75) is 25.7 Å². The van der Waals surface area contributed by atoms with Crippen molar-refractivity contribution in [3.05, 3.63) is 72.4 Å². The van der Waals surface area contributed by atoms with Gasteiger partial charge in [-0.15, -0.1) is 6.58 Å². The van der Waals surface area contributed by atoms with Crippen LogP contribution >= 0.6 is 0 Å². The van der Waals surface area contributed by atoms with Crippen LogP contribution in [0.15, 0.2) is 72.4 Å². The summed E-state index contributed by atoms with van der Waals surface area (Å²) in [5.41, 5.74) is 3.49. The first kappa shape index (κ1) is 15.0. The van der Waals surface area contributed by atoms with Gasteiger partial charge in [0.1, 0.15) is 0 Å². The van der Waals surface area contributed by atoms with Crippen LogP contribution in [0.5, 0.6) is 0 Å². The Balaban J connectivity index is 2.62. The molecule has 0 aromatic carbocycles. The molecule has 1 aliphatic rings. The van der Waals surface area contributed by atoms with Crippen molar-refractivity contribution < 1.29 is 9.90 Å². The average molecular weight is 256 g/mol. The molecule has 0 bridgehead atoms. The third kappa shape index (κ3) is 4.96. The summed E-state index contributed by atoms with van der Waals surface area (Å²) in [5, 5.41) is 8.71. The molecule has 0 heterocycles. The lowest BCUT2D eigenvalue weighted by atomic mass is 9.91. The molecule has 2 heteroatoms. The van der Waals surface area contributed by atoms with Gasteiger partial charge in [-0.3, -0.25) is 0 Å². The van der Waals surface area contributed by atoms with Crippen LogP contribution in [0, 0.1) is 0 Å². The third-order valence-electron chi connectivity index (χ3n) is 3.08. The Hall–Kier alpha value is -2.09. The van der Waals surface area contributed by atoms with Gasteiger partial charge in [0.15, 0.2) is 0 Å². The standard InChI is InChI=1S/C17H20O2/c1-4-5-6-15-9-11-16(12-10-15)13(2)7-8-14(3)17(18)19/h4,7-9,11H,1-3,5-6,10,12H2,(H,18,19)/b8-7-. The van der Waals surface area contributed by atoms with Crippen molar-refractivity contribution in [2.75, 3.05) is 0 Å². The Morgan fingerprint density at radius 1 is 1.26 bits per heavy atom. The van der Waals surface area contributed by atoms with Gasteiger partial charge < -0.3 is 5.11 Å². The van der Waals surface area contributed by atoms with E-state index in [4.69, 9.17) is 5.11 Å². The second-order valence-electron chi connectivity index (χ2n) is 4.53. The number of hydrogen-bond acceptors (Lipinski definition) is 1. The Morgan fingerprint density at radius 2 is 2.00 bits per heavy atom. The van der Waals surface area contributed by atoms with Crippen LogP contribution in [0.4, 0.5) is 0 Å². The fourth-order valence-corrected chi connectivity index (χ4v) is 1.82. The van der Waals surface area contributed by atoms with Crippen molar-refractivity contribution in [2.24, 2.45) is 0 Å². The molecule has 0 aliphatic heterocycles. The smallest absolute Gasteiger partial charge is 0.335 e. The molecule has 19 heavy (non-hydrogen) atoms. The molecular weight excluding hydrogens is 236 g/mol. The minimum atomic E-state index is -1.01. The van der Waals surface area contributed by atoms with Crippen LogP contribution in [0.3, 0.4) is 0 Å². The fraction of sp³-hybridized carbons (Fsp3) is 0.235. The van der Waals surface area contributed by atoms with Gasteiger partial charge in [-0.1, -0.05) is 43.0 Å². The highest BCUT2D eigenvalue weighted by molar-refractivity contribution is 5.89. The molecule has 0 aromatic rings. The number of carboxylic acids is 1. The van der Waals surface area contributed by atoms with Crippen LogP contribution in [0.25, 0.3) is 0 Å². The lowest BCUT2D eigenvalue weighted by Crippen LogP contribution is -1.97. The highest BCUT2D eigenvalue weighted by Gasteiger charge is 2.07. The molecule has 0 unspecified atom stereocenters. The van der Waals surface area contributed by atoms with Gasteiger partial charge in [0.05, 0.1) is 5.57 Å². The van der Waals surface area contributed by atoms with Crippen molar-refractivity contribution in [1.29, 1.82) is 0 Å². The van der Waals surface area contributed by atoms with Gasteiger partial charge in [0, 0.05) is 0 Å². The first-order valence-corrected chi connectivity index (χ1v) is 6.33. The van der Waals surface area contributed by atoms with E-state index in [1.807, 2.05) is 6.08 Å². The molecule has 100 valence electrons. The van der Waals surface area contributed by atoms with E-state index in [1.165, 1.54) is 11.6 Å². The molecule has 1 N–H and O–H groups in total. The first-order valence-electron chi connectivity index (χ1n) is 6.33. The van der Waals surface area contributed by atoms with Gasteiger partial charge in [0.2, 0.25) is 0 Å². The molecule has 0 radical (unpaired) electrons. The van der Waals surface area contributed by atoms with E-state index in [0.29, 0.717) is 0 Å². The van der Waals surface area contributed by atoms with E-state index in [1.54, 1.807) is 6.08 Å². The summed E-state index contributed by atoms with van der Waals surface area (Å²) in [5.74, 6) is -1.01. The molecule has 0 atom stereocenters. The Kier molecular flexibility index (Phi) is 5.80. The zero-order chi connectivity index (χ0) is 14.3. The number of hydrogen-bond donors (Lipinski definition) is 1. The zero-order valence-corrected chi connectivity index (χ0v) is 11.2. The number of rotatable bonds is 7. The van der Waals surface area contributed by atoms with E-state index < -0.39 is 5.97 Å². The van der Waals surface area contributed by atoms with Crippen LogP contribution in [-0.4, -0.2) is 11.1 Å². The van der Waals surface area contributed by atoms with Gasteiger partial charge in [0.25, 0.3) is 0 Å². The Labute approximate surface area is 114 Å². The molecular formula is C17H20O2. The van der Waals surface area contributed by atoms with E-state index in [-0.39, 0.29) is 5.57 Å². The number of carboxylic acid groups (broad SMARTS) is 1. The monoisotopic (exact) mass is 256 g/mol. The Bertz CT molecular complexity index is 487. The predicted molar refractivity (Wildman–Crippen MR) is 79.9 cm³/mol. The molecule has 0 saturated heterocycles. The highest BCUT2D eigenvalue weighted by atomic mass is 16.4. The molecule has 0 fully saturated rings. The summed E-state index contributed by atoms with van der Waals surface area (Å²) >= 11 is 0. The van der Waals surface area contributed by atoms with Crippen molar-refractivity contribution in [1.82, 2.24) is 0 Å². The van der Waals surface area contributed by atoms with Crippen LogP contribution in [0.2, 0.25) is 0 Å². The summed E-state index contributed by atoms with van der Waals surface area (Å²) in [7, 11) is 0. The summed E-state index contributed by atoms with van der Waals surface area (Å²) in [6, 6.07) is 0. The molecule has 2 nitrogen and oxygen atoms in total. The summed E-state index contributed by atoms with van der Waals surface area (Å²) < 4.78 is 0. The van der Waals surface area contributed by atoms with E-state index in [2.05, 4.69) is 31.9 Å². The normalized spacial score (nSPS) is 14.7. The van der Waals surface area contributed by atoms with Crippen LogP contribution in [-0.2, 0) is 4.79 Å². The van der Waals surface area contributed by atoms with Gasteiger partial charge >= 0.3 is 5.97 Å². The lowest BCUT2D eigenvalue weighted by Gasteiger charge is -2.14. The molecule has 0 amide bonds. The predicted octanol–water partition coefficient (Wildman–Crippen LogP) is 4.35. The maximum atomic E-state index is 10.6. The number of allylic oxidation sites excluding steroid dienone is 7. The van der Waals surface area contributed by atoms with Crippen molar-refractivity contribution in [3.8, 4) is 0 Å². The third-order valence-corrected chi connectivity index (χ3v) is 3.08. The van der Waals surface area contributed by atoms with Crippen molar-refractivity contribution >= 4 is 5.97 Å². The van der Waals surface area contributed by atoms with Crippen molar-refractivity contribution in [3.63, 3.8) is 0 Å². The zero-order valence-electron chi connectivity index (χ0n) is 11.2. The summed E-state index contributed by atoms with van der Waals surface area (Å²) in [4.78, 5) is 10.6. The van der Waals surface area contributed by atoms with Crippen LogP contribution in [0.1, 0.15) is 25.7 Å². The highest BCUT2D eigenvalue weighted by Crippen LogP contribution is 2.26. The number of aliphatic carboxylic acids is 1. The van der Waals surface area contributed by atoms with E-state index in [0.717, 1.165) is 36.8 Å². The largest absolute Gasteiger partial charge is 0.478 e. The minimum absolute atomic E-state index is 0.0692. The molecule has 1 aliphatic carbocycles. The maximum absolute atomic E-state index is 10.6. The molecule has 0 spiro atoms. The van der Waals surface area contributed by atoms with Gasteiger partial charge in [-0.2, -0.15) is 0 Å². The summed E-state index contributed by atoms with van der Waals surface area (Å²) in [6.07, 6.45) is 13.4. The summed E-state index contributed by atoms with van der Waals surface area (Å²) in [6.45, 7) is 11.1. The van der Waals surface area contributed by atoms with E-state index >= 15 is 0 Å². The quantitative estimate of drug-likeness (QED) is 0.417. The first-order chi connectivity index (χ1) is 9.04. The second-order valence-corrected chi connectivity index (χ2v) is 4.53. The molecule has 0 saturated carbocycles. The van der Waals surface area contributed by atoms with E-state index in [9.17, 15) is 4.79 Å². The topological polar surface area (TPSA) is 37.3 Å². The molecule has 0 aromatic heterocycles. The SMILES string of the molecule is C=CCCC1=CC=C(C(=C)/C=C\C(=C)C(=O)O)CC1. The van der Waals surface area contributed by atoms with Gasteiger partial charge in [-0.05, 0) is 42.9 Å². The maximum Gasteiger partial charge on any atom is 0.335 e. The molecule has 1 rings (SSSR count). The minimum Gasteiger partial charge on any atom is -0.478 e. The van der Waals surface area contributed by atoms with Gasteiger partial charge in [-0.25, -0.2) is 4.79 Å². The van der Waals surface area contributed by atoms with Crippen LogP contribution < -0.4 is 0 Å². The fourth-order valence-electron chi connectivity index (χ4n) is 1.82. The lowest BCUT2D eigenvalue weighted by molar-refractivity contribution is -0.132. The average Bonchev–Trinajstić information content (AvgIpc) is 2.42.